The van der Waals surface area contributed by atoms with Gasteiger partial charge < -0.3 is 4.90 Å². The Bertz CT molecular complexity index is 375. The minimum Gasteiger partial charge on any atom is -0.302 e. The van der Waals surface area contributed by atoms with Crippen molar-refractivity contribution < 1.29 is 9.59 Å². The molecule has 0 unspecified atom stereocenters. The molecule has 0 saturated carbocycles. The van der Waals surface area contributed by atoms with Gasteiger partial charge in [-0.05, 0) is 24.8 Å². The van der Waals surface area contributed by atoms with Crippen LogP contribution in [0.4, 0.5) is 0 Å². The Hall–Kier alpha value is -0.700. The second-order valence-electron chi connectivity index (χ2n) is 10.4. The zero-order valence-electron chi connectivity index (χ0n) is 17.7. The van der Waals surface area contributed by atoms with Gasteiger partial charge in [0.1, 0.15) is 11.6 Å². The van der Waals surface area contributed by atoms with Crippen molar-refractivity contribution in [2.45, 2.75) is 88.0 Å². The summed E-state index contributed by atoms with van der Waals surface area (Å²) in [4.78, 5) is 26.7. The van der Waals surface area contributed by atoms with Gasteiger partial charge in [0, 0.05) is 36.8 Å². The number of ketones is 2. The van der Waals surface area contributed by atoms with Gasteiger partial charge >= 0.3 is 0 Å². The molecule has 0 rings (SSSR count). The lowest BCUT2D eigenvalue weighted by molar-refractivity contribution is -0.126. The van der Waals surface area contributed by atoms with Crippen LogP contribution in [0.3, 0.4) is 0 Å². The first kappa shape index (κ1) is 23.3. The molecule has 0 bridgehead atoms. The van der Waals surface area contributed by atoms with Crippen molar-refractivity contribution in [2.24, 2.45) is 16.2 Å². The van der Waals surface area contributed by atoms with Gasteiger partial charge in [-0.2, -0.15) is 0 Å². The Morgan fingerprint density at radius 1 is 0.667 bits per heavy atom. The molecule has 0 radical (unpaired) electrons. The van der Waals surface area contributed by atoms with Gasteiger partial charge in [-0.15, -0.1) is 0 Å². The van der Waals surface area contributed by atoms with E-state index < -0.39 is 0 Å². The third kappa shape index (κ3) is 11.0. The molecule has 0 aromatic carbocycles. The fraction of sp³-hybridized carbons (Fsp3) is 0.905. The van der Waals surface area contributed by atoms with Crippen molar-refractivity contribution in [3.05, 3.63) is 0 Å². The zero-order chi connectivity index (χ0) is 19.2. The summed E-state index contributed by atoms with van der Waals surface area (Å²) in [7, 11) is 0. The Labute approximate surface area is 150 Å². The average Bonchev–Trinajstić information content (AvgIpc) is 2.36. The fourth-order valence-corrected chi connectivity index (χ4v) is 2.44. The Balaban J connectivity index is 4.59. The van der Waals surface area contributed by atoms with Gasteiger partial charge in [-0.3, -0.25) is 9.59 Å². The summed E-state index contributed by atoms with van der Waals surface area (Å²) in [6.45, 7) is 21.1. The van der Waals surface area contributed by atoms with Crippen LogP contribution in [0.25, 0.3) is 0 Å². The average molecular weight is 340 g/mol. The molecule has 0 atom stereocenters. The molecule has 142 valence electrons. The first-order chi connectivity index (χ1) is 10.6. The first-order valence-electron chi connectivity index (χ1n) is 9.42. The van der Waals surface area contributed by atoms with Crippen LogP contribution in [0.2, 0.25) is 0 Å². The first-order valence-corrected chi connectivity index (χ1v) is 9.42. The molecule has 0 aliphatic carbocycles. The minimum atomic E-state index is -0.279. The van der Waals surface area contributed by atoms with Gasteiger partial charge in [0.2, 0.25) is 0 Å². The predicted molar refractivity (Wildman–Crippen MR) is 103 cm³/mol. The molecule has 0 aliphatic rings. The van der Waals surface area contributed by atoms with Crippen molar-refractivity contribution in [2.75, 3.05) is 19.6 Å². The SMILES string of the molecule is CC(C)(C)CCCN(CCC(=O)C(C)(C)C)CCC(=O)C(C)(C)C. The zero-order valence-corrected chi connectivity index (χ0v) is 17.7. The summed E-state index contributed by atoms with van der Waals surface area (Å²) < 4.78 is 0. The Kier molecular flexibility index (Phi) is 8.86. The van der Waals surface area contributed by atoms with Crippen LogP contribution >= 0.6 is 0 Å². The molecule has 3 nitrogen and oxygen atoms in total. The van der Waals surface area contributed by atoms with E-state index in [4.69, 9.17) is 0 Å². The van der Waals surface area contributed by atoms with Gasteiger partial charge in [0.05, 0.1) is 0 Å². The third-order valence-electron chi connectivity index (χ3n) is 4.38. The van der Waals surface area contributed by atoms with Crippen LogP contribution in [-0.4, -0.2) is 36.1 Å². The number of rotatable bonds is 9. The third-order valence-corrected chi connectivity index (χ3v) is 4.38. The molecule has 0 heterocycles. The predicted octanol–water partition coefficient (Wildman–Crippen LogP) is 5.13. The molecule has 3 heteroatoms. The van der Waals surface area contributed by atoms with Crippen LogP contribution < -0.4 is 0 Å². The molecule has 0 aromatic heterocycles. The van der Waals surface area contributed by atoms with Crippen LogP contribution in [0.15, 0.2) is 0 Å². The maximum Gasteiger partial charge on any atom is 0.139 e. The Morgan fingerprint density at radius 2 is 1.04 bits per heavy atom. The van der Waals surface area contributed by atoms with Crippen molar-refractivity contribution >= 4 is 11.6 Å². The lowest BCUT2D eigenvalue weighted by Crippen LogP contribution is -2.34. The molecule has 0 N–H and O–H groups in total. The molecule has 0 spiro atoms. The maximum absolute atomic E-state index is 12.2. The van der Waals surface area contributed by atoms with E-state index in [9.17, 15) is 9.59 Å². The van der Waals surface area contributed by atoms with Crippen LogP contribution in [0, 0.1) is 16.2 Å². The summed E-state index contributed by atoms with van der Waals surface area (Å²) in [6.07, 6.45) is 3.41. The van der Waals surface area contributed by atoms with Crippen LogP contribution in [-0.2, 0) is 9.59 Å². The van der Waals surface area contributed by atoms with E-state index in [1.54, 1.807) is 0 Å². The Morgan fingerprint density at radius 3 is 1.33 bits per heavy atom. The topological polar surface area (TPSA) is 37.4 Å². The lowest BCUT2D eigenvalue weighted by atomic mass is 9.88. The van der Waals surface area contributed by atoms with Crippen molar-refractivity contribution in [1.82, 2.24) is 4.90 Å². The minimum absolute atomic E-state index is 0.279. The number of carbonyl (C=O) groups excluding carboxylic acids is 2. The van der Waals surface area contributed by atoms with E-state index in [-0.39, 0.29) is 10.8 Å². The monoisotopic (exact) mass is 339 g/mol. The molecular formula is C21H41NO2. The standard InChI is InChI=1S/C21H41NO2/c1-19(2,3)13-10-14-22(15-11-17(23)20(4,5)6)16-12-18(24)21(7,8)9/h10-16H2,1-9H3. The molecule has 0 saturated heterocycles. The van der Waals surface area contributed by atoms with E-state index in [1.165, 1.54) is 0 Å². The van der Waals surface area contributed by atoms with E-state index in [0.717, 1.165) is 32.5 Å². The number of hydrogen-bond donors (Lipinski definition) is 0. The highest BCUT2D eigenvalue weighted by molar-refractivity contribution is 5.84. The fourth-order valence-electron chi connectivity index (χ4n) is 2.44. The second-order valence-corrected chi connectivity index (χ2v) is 10.4. The van der Waals surface area contributed by atoms with E-state index in [0.29, 0.717) is 29.8 Å². The van der Waals surface area contributed by atoms with Crippen molar-refractivity contribution in [1.29, 1.82) is 0 Å². The lowest BCUT2D eigenvalue weighted by Gasteiger charge is -2.27. The number of nitrogens with zero attached hydrogens (tertiary/aromatic N) is 1. The summed E-state index contributed by atoms with van der Waals surface area (Å²) in [5, 5.41) is 0. The number of hydrogen-bond acceptors (Lipinski definition) is 3. The molecule has 0 aromatic rings. The number of Topliss-reactive ketones (excluding diaryl/α,β-unsaturated/α-hetero) is 2. The quantitative estimate of drug-likeness (QED) is 0.584. The van der Waals surface area contributed by atoms with E-state index >= 15 is 0 Å². The second kappa shape index (κ2) is 9.12. The highest BCUT2D eigenvalue weighted by Gasteiger charge is 2.24. The smallest absolute Gasteiger partial charge is 0.139 e. The van der Waals surface area contributed by atoms with E-state index in [1.807, 2.05) is 41.5 Å². The van der Waals surface area contributed by atoms with Gasteiger partial charge in [-0.1, -0.05) is 62.3 Å². The molecule has 0 fully saturated rings. The van der Waals surface area contributed by atoms with Crippen molar-refractivity contribution in [3.63, 3.8) is 0 Å². The van der Waals surface area contributed by atoms with Crippen molar-refractivity contribution in [3.8, 4) is 0 Å². The molecule has 0 aliphatic heterocycles. The number of carbonyl (C=O) groups is 2. The highest BCUT2D eigenvalue weighted by Crippen LogP contribution is 2.22. The summed E-state index contributed by atoms with van der Waals surface area (Å²) in [5.41, 5.74) is -0.231. The van der Waals surface area contributed by atoms with E-state index in [2.05, 4.69) is 25.7 Å². The van der Waals surface area contributed by atoms with Crippen LogP contribution in [0.5, 0.6) is 0 Å². The molecule has 0 amide bonds. The summed E-state index contributed by atoms with van der Waals surface area (Å²) in [6, 6.07) is 0. The van der Waals surface area contributed by atoms with Gasteiger partial charge in [0.15, 0.2) is 0 Å². The highest BCUT2D eigenvalue weighted by atomic mass is 16.1. The molecular weight excluding hydrogens is 298 g/mol. The largest absolute Gasteiger partial charge is 0.302 e. The van der Waals surface area contributed by atoms with Gasteiger partial charge in [0.25, 0.3) is 0 Å². The normalized spacial score (nSPS) is 13.4. The van der Waals surface area contributed by atoms with Crippen LogP contribution in [0.1, 0.15) is 88.0 Å². The maximum atomic E-state index is 12.2. The van der Waals surface area contributed by atoms with Gasteiger partial charge in [-0.25, -0.2) is 0 Å². The molecule has 24 heavy (non-hydrogen) atoms. The summed E-state index contributed by atoms with van der Waals surface area (Å²) >= 11 is 0. The summed E-state index contributed by atoms with van der Waals surface area (Å²) in [5.74, 6) is 0.593.